The standard InChI is InChI=1S/C71H112O6/c1-4-7-10-13-16-19-22-25-27-29-31-33-34-35-36-38-39-41-43-46-49-52-55-58-61-64-70(73)76-67-68(66-75-69(72)63-60-57-54-51-48-45-24-21-18-15-12-9-6-3)77-71(74)65-62-59-56-53-50-47-44-42-40-37-32-30-28-26-23-20-17-14-11-8-5-2/h7-8,10-12,15-17,19-21,24-28,31-33,35-37,39,41-42,44,68H,4-6,9,13-14,18,22-23,29-30,34,38,40,43,45-67H2,1-3H3/b10-7-,11-8-,15-12-,19-16-,20-17-,24-21-,27-25-,28-26-,33-31-,36-35-,37-32-,41-39-,44-42-. The van der Waals surface area contributed by atoms with E-state index in [2.05, 4.69) is 179 Å². The van der Waals surface area contributed by atoms with Crippen LogP contribution in [0, 0.1) is 0 Å². The zero-order chi connectivity index (χ0) is 55.7. The maximum Gasteiger partial charge on any atom is 0.306 e. The number of carbonyl (C=O) groups excluding carboxylic acids is 3. The number of ether oxygens (including phenoxy) is 3. The molecule has 0 amide bonds. The third kappa shape index (κ3) is 61.8. The van der Waals surface area contributed by atoms with E-state index in [4.69, 9.17) is 14.2 Å². The van der Waals surface area contributed by atoms with Gasteiger partial charge in [-0.15, -0.1) is 0 Å². The molecule has 0 N–H and O–H groups in total. The molecule has 77 heavy (non-hydrogen) atoms. The van der Waals surface area contributed by atoms with Crippen LogP contribution in [-0.2, 0) is 28.6 Å². The van der Waals surface area contributed by atoms with E-state index in [9.17, 15) is 14.4 Å². The lowest BCUT2D eigenvalue weighted by Crippen LogP contribution is -2.30. The van der Waals surface area contributed by atoms with Crippen LogP contribution in [0.15, 0.2) is 158 Å². The fourth-order valence-electron chi connectivity index (χ4n) is 7.92. The Hall–Kier alpha value is -4.97. The van der Waals surface area contributed by atoms with E-state index in [-0.39, 0.29) is 31.1 Å². The van der Waals surface area contributed by atoms with Crippen molar-refractivity contribution in [3.05, 3.63) is 158 Å². The molecule has 6 heteroatoms. The average molecular weight is 1060 g/mol. The molecular formula is C71H112O6. The zero-order valence-corrected chi connectivity index (χ0v) is 49.4. The van der Waals surface area contributed by atoms with E-state index in [1.165, 1.54) is 19.3 Å². The van der Waals surface area contributed by atoms with Gasteiger partial charge in [-0.05, 0) is 141 Å². The molecule has 0 heterocycles. The molecule has 0 aromatic carbocycles. The van der Waals surface area contributed by atoms with Crippen molar-refractivity contribution in [2.45, 2.75) is 258 Å². The highest BCUT2D eigenvalue weighted by Gasteiger charge is 2.19. The topological polar surface area (TPSA) is 78.9 Å². The Labute approximate surface area is 473 Å². The van der Waals surface area contributed by atoms with Crippen molar-refractivity contribution in [3.8, 4) is 0 Å². The van der Waals surface area contributed by atoms with Gasteiger partial charge in [0.2, 0.25) is 0 Å². The van der Waals surface area contributed by atoms with Crippen LogP contribution in [0.2, 0.25) is 0 Å². The van der Waals surface area contributed by atoms with Crippen LogP contribution < -0.4 is 0 Å². The highest BCUT2D eigenvalue weighted by molar-refractivity contribution is 5.71. The number of hydrogen-bond acceptors (Lipinski definition) is 6. The molecule has 0 aliphatic rings. The molecule has 0 rings (SSSR count). The van der Waals surface area contributed by atoms with Gasteiger partial charge in [0.1, 0.15) is 13.2 Å². The number of allylic oxidation sites excluding steroid dienone is 26. The first-order valence-corrected chi connectivity index (χ1v) is 31.0. The minimum Gasteiger partial charge on any atom is -0.462 e. The van der Waals surface area contributed by atoms with Crippen molar-refractivity contribution in [1.29, 1.82) is 0 Å². The summed E-state index contributed by atoms with van der Waals surface area (Å²) in [6.07, 6.45) is 92.3. The van der Waals surface area contributed by atoms with Crippen LogP contribution in [0.1, 0.15) is 252 Å². The van der Waals surface area contributed by atoms with E-state index in [0.29, 0.717) is 19.3 Å². The molecule has 0 aliphatic carbocycles. The Morgan fingerprint density at radius 2 is 0.506 bits per heavy atom. The van der Waals surface area contributed by atoms with E-state index in [1.54, 1.807) is 0 Å². The molecule has 0 fully saturated rings. The van der Waals surface area contributed by atoms with Gasteiger partial charge in [-0.1, -0.05) is 249 Å². The quantitative estimate of drug-likeness (QED) is 0.0261. The summed E-state index contributed by atoms with van der Waals surface area (Å²) in [7, 11) is 0. The highest BCUT2D eigenvalue weighted by atomic mass is 16.6. The molecule has 6 nitrogen and oxygen atoms in total. The van der Waals surface area contributed by atoms with Crippen LogP contribution in [0.3, 0.4) is 0 Å². The fourth-order valence-corrected chi connectivity index (χ4v) is 7.92. The summed E-state index contributed by atoms with van der Waals surface area (Å²) >= 11 is 0. The molecule has 0 aliphatic heterocycles. The molecule has 1 unspecified atom stereocenters. The van der Waals surface area contributed by atoms with Gasteiger partial charge in [-0.3, -0.25) is 14.4 Å². The third-order valence-electron chi connectivity index (χ3n) is 12.5. The molecule has 0 bridgehead atoms. The van der Waals surface area contributed by atoms with Gasteiger partial charge in [-0.2, -0.15) is 0 Å². The van der Waals surface area contributed by atoms with Gasteiger partial charge in [0, 0.05) is 19.3 Å². The van der Waals surface area contributed by atoms with Gasteiger partial charge >= 0.3 is 17.9 Å². The monoisotopic (exact) mass is 1060 g/mol. The van der Waals surface area contributed by atoms with Crippen molar-refractivity contribution in [2.24, 2.45) is 0 Å². The molecule has 0 aromatic heterocycles. The zero-order valence-electron chi connectivity index (χ0n) is 49.4. The average Bonchev–Trinajstić information content (AvgIpc) is 3.43. The summed E-state index contributed by atoms with van der Waals surface area (Å²) in [5.41, 5.74) is 0. The van der Waals surface area contributed by atoms with Crippen molar-refractivity contribution >= 4 is 17.9 Å². The first-order chi connectivity index (χ1) is 38.0. The molecule has 0 spiro atoms. The van der Waals surface area contributed by atoms with Gasteiger partial charge < -0.3 is 14.2 Å². The van der Waals surface area contributed by atoms with Crippen molar-refractivity contribution < 1.29 is 28.6 Å². The summed E-state index contributed by atoms with van der Waals surface area (Å²) in [5, 5.41) is 0. The fraction of sp³-hybridized carbons (Fsp3) is 0.592. The van der Waals surface area contributed by atoms with Crippen molar-refractivity contribution in [2.75, 3.05) is 13.2 Å². The minimum absolute atomic E-state index is 0.105. The largest absolute Gasteiger partial charge is 0.462 e. The third-order valence-corrected chi connectivity index (χ3v) is 12.5. The summed E-state index contributed by atoms with van der Waals surface area (Å²) in [4.78, 5) is 38.3. The van der Waals surface area contributed by atoms with Gasteiger partial charge in [-0.25, -0.2) is 0 Å². The lowest BCUT2D eigenvalue weighted by molar-refractivity contribution is -0.167. The van der Waals surface area contributed by atoms with E-state index >= 15 is 0 Å². The summed E-state index contributed by atoms with van der Waals surface area (Å²) in [6.45, 7) is 6.30. The molecule has 0 saturated carbocycles. The molecule has 432 valence electrons. The lowest BCUT2D eigenvalue weighted by Gasteiger charge is -2.18. The van der Waals surface area contributed by atoms with Crippen LogP contribution >= 0.6 is 0 Å². The Bertz CT molecular complexity index is 1740. The van der Waals surface area contributed by atoms with Crippen molar-refractivity contribution in [1.82, 2.24) is 0 Å². The molecular weight excluding hydrogens is 949 g/mol. The number of esters is 3. The Morgan fingerprint density at radius 1 is 0.273 bits per heavy atom. The van der Waals surface area contributed by atoms with Crippen LogP contribution in [-0.4, -0.2) is 37.2 Å². The molecule has 0 aromatic rings. The van der Waals surface area contributed by atoms with Gasteiger partial charge in [0.05, 0.1) is 0 Å². The molecule has 0 radical (unpaired) electrons. The number of carbonyl (C=O) groups is 3. The molecule has 1 atom stereocenters. The van der Waals surface area contributed by atoms with Crippen molar-refractivity contribution in [3.63, 3.8) is 0 Å². The summed E-state index contributed by atoms with van der Waals surface area (Å²) in [6, 6.07) is 0. The van der Waals surface area contributed by atoms with Gasteiger partial charge in [0.15, 0.2) is 6.10 Å². The SMILES string of the molecule is CC/C=C\C/C=C\C/C=C\C/C=C\C/C=C\C/C=C\CCCCCCCCC(=O)OCC(COC(=O)CCCCCCC/C=C\C/C=C\CCC)OC(=O)CCCCCCC/C=C\C/C=C\C/C=C\C/C=C\C/C=C\CC. The normalized spacial score (nSPS) is 13.2. The van der Waals surface area contributed by atoms with E-state index < -0.39 is 6.10 Å². The highest BCUT2D eigenvalue weighted by Crippen LogP contribution is 2.14. The van der Waals surface area contributed by atoms with Crippen LogP contribution in [0.4, 0.5) is 0 Å². The smallest absolute Gasteiger partial charge is 0.306 e. The Kier molecular flexibility index (Phi) is 59.5. The number of rotatable bonds is 54. The second kappa shape index (κ2) is 63.6. The van der Waals surface area contributed by atoms with E-state index in [1.807, 2.05) is 0 Å². The first kappa shape index (κ1) is 72.0. The van der Waals surface area contributed by atoms with Gasteiger partial charge in [0.25, 0.3) is 0 Å². The van der Waals surface area contributed by atoms with Crippen LogP contribution in [0.5, 0.6) is 0 Å². The second-order valence-electron chi connectivity index (χ2n) is 19.8. The summed E-state index contributed by atoms with van der Waals surface area (Å²) in [5.74, 6) is -0.957. The molecule has 0 saturated heterocycles. The summed E-state index contributed by atoms with van der Waals surface area (Å²) < 4.78 is 16.9. The Balaban J connectivity index is 4.46. The predicted octanol–water partition coefficient (Wildman–Crippen LogP) is 21.3. The number of hydrogen-bond donors (Lipinski definition) is 0. The minimum atomic E-state index is -0.810. The van der Waals surface area contributed by atoms with E-state index in [0.717, 1.165) is 193 Å². The predicted molar refractivity (Wildman–Crippen MR) is 334 cm³/mol. The van der Waals surface area contributed by atoms with Crippen LogP contribution in [0.25, 0.3) is 0 Å². The number of unbranched alkanes of at least 4 members (excludes halogenated alkanes) is 17. The second-order valence-corrected chi connectivity index (χ2v) is 19.8. The maximum absolute atomic E-state index is 12.9. The Morgan fingerprint density at radius 3 is 0.792 bits per heavy atom. The maximum atomic E-state index is 12.9. The lowest BCUT2D eigenvalue weighted by atomic mass is 10.1. The first-order valence-electron chi connectivity index (χ1n) is 31.0.